The Kier molecular flexibility index (Phi) is 7.03. The molecule has 1 heterocycles. The van der Waals surface area contributed by atoms with E-state index in [1.54, 1.807) is 0 Å². The molecular formula is C17H29N2O4. The molecule has 23 heavy (non-hydrogen) atoms. The molecule has 131 valence electrons. The van der Waals surface area contributed by atoms with Crippen molar-refractivity contribution in [2.24, 2.45) is 5.41 Å². The third-order valence-corrected chi connectivity index (χ3v) is 4.20. The molecule has 0 aromatic heterocycles. The van der Waals surface area contributed by atoms with Crippen LogP contribution in [0, 0.1) is 5.41 Å². The van der Waals surface area contributed by atoms with Gasteiger partial charge in [-0.25, -0.2) is 9.59 Å². The van der Waals surface area contributed by atoms with Crippen molar-refractivity contribution in [3.05, 3.63) is 0 Å². The maximum atomic E-state index is 12.6. The van der Waals surface area contributed by atoms with Crippen LogP contribution in [-0.2, 0) is 14.3 Å². The molecule has 1 aliphatic heterocycles. The zero-order chi connectivity index (χ0) is 17.6. The highest BCUT2D eigenvalue weighted by Gasteiger charge is 2.33. The van der Waals surface area contributed by atoms with Gasteiger partial charge in [-0.3, -0.25) is 4.79 Å². The highest BCUT2D eigenvalue weighted by atomic mass is 16.5. The maximum Gasteiger partial charge on any atom is 0.417 e. The standard InChI is InChI=1S/C17H29N2O4/c1-12-7-6-8-13(2)19(12)16(22)18-14(9-17(3,4)5)15(21)10-23-11-20/h12-14H,6-10H2,1-5H3,(H,18,22)/t12-,13+,14-/m0/s1. The molecule has 0 saturated carbocycles. The second-order valence-corrected chi connectivity index (χ2v) is 7.64. The van der Waals surface area contributed by atoms with Crippen LogP contribution in [0.5, 0.6) is 0 Å². The van der Waals surface area contributed by atoms with Crippen LogP contribution in [-0.4, -0.2) is 47.9 Å². The number of urea groups is 1. The normalized spacial score (nSPS) is 23.1. The Morgan fingerprint density at radius 3 is 2.30 bits per heavy atom. The summed E-state index contributed by atoms with van der Waals surface area (Å²) in [6, 6.07) is -0.577. The number of likely N-dealkylation sites (tertiary alicyclic amines) is 1. The van der Waals surface area contributed by atoms with Gasteiger partial charge in [0.05, 0.1) is 6.04 Å². The van der Waals surface area contributed by atoms with Gasteiger partial charge in [0.2, 0.25) is 0 Å². The van der Waals surface area contributed by atoms with Gasteiger partial charge >= 0.3 is 12.5 Å². The van der Waals surface area contributed by atoms with Gasteiger partial charge in [-0.2, -0.15) is 0 Å². The molecular weight excluding hydrogens is 296 g/mol. The zero-order valence-electron chi connectivity index (χ0n) is 14.8. The van der Waals surface area contributed by atoms with E-state index in [1.165, 1.54) is 6.47 Å². The second kappa shape index (κ2) is 8.31. The van der Waals surface area contributed by atoms with Crippen LogP contribution in [0.4, 0.5) is 4.79 Å². The van der Waals surface area contributed by atoms with Crippen molar-refractivity contribution in [1.29, 1.82) is 0 Å². The smallest absolute Gasteiger partial charge is 0.417 e. The Morgan fingerprint density at radius 2 is 1.83 bits per heavy atom. The summed E-state index contributed by atoms with van der Waals surface area (Å²) in [7, 11) is 0. The molecule has 1 rings (SSSR count). The molecule has 3 atom stereocenters. The number of carbonyl (C=O) groups excluding carboxylic acids is 3. The molecule has 0 aromatic carbocycles. The van der Waals surface area contributed by atoms with Crippen LogP contribution in [0.25, 0.3) is 0 Å². The third-order valence-electron chi connectivity index (χ3n) is 4.20. The predicted molar refractivity (Wildman–Crippen MR) is 87.7 cm³/mol. The van der Waals surface area contributed by atoms with Crippen LogP contribution >= 0.6 is 0 Å². The molecule has 1 fully saturated rings. The number of ether oxygens (including phenoxy) is 1. The number of rotatable bonds is 6. The number of carbonyl (C=O) groups is 2. The fourth-order valence-corrected chi connectivity index (χ4v) is 3.10. The molecule has 1 aliphatic rings. The van der Waals surface area contributed by atoms with E-state index in [2.05, 4.69) is 10.1 Å². The van der Waals surface area contributed by atoms with Crippen molar-refractivity contribution in [2.45, 2.75) is 78.4 Å². The van der Waals surface area contributed by atoms with E-state index in [4.69, 9.17) is 0 Å². The summed E-state index contributed by atoms with van der Waals surface area (Å²) in [6.07, 6.45) is 3.54. The number of ketones is 1. The molecule has 1 N–H and O–H groups in total. The summed E-state index contributed by atoms with van der Waals surface area (Å²) in [5.41, 5.74) is -0.141. The number of piperidine rings is 1. The van der Waals surface area contributed by atoms with Gasteiger partial charge in [0.1, 0.15) is 0 Å². The first-order valence-electron chi connectivity index (χ1n) is 8.26. The van der Waals surface area contributed by atoms with E-state index < -0.39 is 6.04 Å². The Labute approximate surface area is 138 Å². The van der Waals surface area contributed by atoms with Gasteiger partial charge < -0.3 is 15.0 Å². The monoisotopic (exact) mass is 325 g/mol. The van der Waals surface area contributed by atoms with Gasteiger partial charge in [0.15, 0.2) is 12.4 Å². The Morgan fingerprint density at radius 1 is 1.26 bits per heavy atom. The fraction of sp³-hybridized carbons (Fsp3) is 0.824. The van der Waals surface area contributed by atoms with Gasteiger partial charge in [-0.1, -0.05) is 20.8 Å². The first kappa shape index (κ1) is 19.5. The van der Waals surface area contributed by atoms with Crippen molar-refractivity contribution < 1.29 is 19.1 Å². The van der Waals surface area contributed by atoms with Gasteiger partial charge in [-0.05, 0) is 44.9 Å². The van der Waals surface area contributed by atoms with Crippen molar-refractivity contribution >= 4 is 18.3 Å². The Hall–Kier alpha value is -1.59. The summed E-state index contributed by atoms with van der Waals surface area (Å²) in [5, 5.41) is 2.84. The van der Waals surface area contributed by atoms with Crippen LogP contribution in [0.1, 0.15) is 60.3 Å². The highest BCUT2D eigenvalue weighted by molar-refractivity contribution is 5.90. The molecule has 6 heteroatoms. The molecule has 0 aliphatic carbocycles. The van der Waals surface area contributed by atoms with E-state index in [9.17, 15) is 14.4 Å². The quantitative estimate of drug-likeness (QED) is 0.814. The minimum Gasteiger partial charge on any atom is -0.449 e. The summed E-state index contributed by atoms with van der Waals surface area (Å²) >= 11 is 0. The molecule has 2 amide bonds. The molecule has 1 radical (unpaired) electrons. The first-order chi connectivity index (χ1) is 10.7. The molecule has 1 saturated heterocycles. The van der Waals surface area contributed by atoms with Gasteiger partial charge in [0, 0.05) is 12.1 Å². The van der Waals surface area contributed by atoms with E-state index in [0.717, 1.165) is 19.3 Å². The molecule has 0 spiro atoms. The lowest BCUT2D eigenvalue weighted by Crippen LogP contribution is -2.56. The average molecular weight is 325 g/mol. The summed E-state index contributed by atoms with van der Waals surface area (Å²) in [6.45, 7) is 10.9. The van der Waals surface area contributed by atoms with E-state index >= 15 is 0 Å². The average Bonchev–Trinajstić information content (AvgIpc) is 2.42. The van der Waals surface area contributed by atoms with Gasteiger partial charge in [0.25, 0.3) is 0 Å². The predicted octanol–water partition coefficient (Wildman–Crippen LogP) is 2.42. The lowest BCUT2D eigenvalue weighted by atomic mass is 9.86. The van der Waals surface area contributed by atoms with E-state index in [0.29, 0.717) is 6.42 Å². The number of nitrogens with one attached hydrogen (secondary N) is 1. The fourth-order valence-electron chi connectivity index (χ4n) is 3.10. The molecule has 6 nitrogen and oxygen atoms in total. The number of hydrogen-bond acceptors (Lipinski definition) is 4. The SMILES string of the molecule is C[C@@H]1CCC[C@H](C)N1C(=O)N[C@@H](CC(C)(C)C)C(=O)CO[C]=O. The second-order valence-electron chi connectivity index (χ2n) is 7.64. The Bertz CT molecular complexity index is 421. The number of nitrogens with zero attached hydrogens (tertiary/aromatic N) is 1. The lowest BCUT2D eigenvalue weighted by Gasteiger charge is -2.40. The maximum absolute atomic E-state index is 12.6. The molecule has 0 unspecified atom stereocenters. The number of amides is 2. The zero-order valence-corrected chi connectivity index (χ0v) is 14.8. The van der Waals surface area contributed by atoms with Crippen molar-refractivity contribution in [2.75, 3.05) is 6.61 Å². The highest BCUT2D eigenvalue weighted by Crippen LogP contribution is 2.24. The van der Waals surface area contributed by atoms with Crippen LogP contribution < -0.4 is 5.32 Å². The largest absolute Gasteiger partial charge is 0.449 e. The summed E-state index contributed by atoms with van der Waals surface area (Å²) in [4.78, 5) is 36.9. The minimum absolute atomic E-state index is 0.141. The van der Waals surface area contributed by atoms with Crippen LogP contribution in [0.2, 0.25) is 0 Å². The summed E-state index contributed by atoms with van der Waals surface area (Å²) < 4.78 is 4.44. The van der Waals surface area contributed by atoms with Crippen LogP contribution in [0.3, 0.4) is 0 Å². The van der Waals surface area contributed by atoms with E-state index in [1.807, 2.05) is 39.5 Å². The van der Waals surface area contributed by atoms with E-state index in [-0.39, 0.29) is 35.9 Å². The third kappa shape index (κ3) is 6.20. The van der Waals surface area contributed by atoms with Gasteiger partial charge in [-0.15, -0.1) is 0 Å². The minimum atomic E-state index is -0.669. The van der Waals surface area contributed by atoms with Crippen molar-refractivity contribution in [1.82, 2.24) is 10.2 Å². The van der Waals surface area contributed by atoms with Crippen LogP contribution in [0.15, 0.2) is 0 Å². The number of hydrogen-bond donors (Lipinski definition) is 1. The lowest BCUT2D eigenvalue weighted by molar-refractivity contribution is -0.124. The number of Topliss-reactive ketones (excluding diaryl/α,β-unsaturated/α-hetero) is 1. The van der Waals surface area contributed by atoms with Crippen molar-refractivity contribution in [3.8, 4) is 0 Å². The Balaban J connectivity index is 2.79. The summed E-state index contributed by atoms with van der Waals surface area (Å²) in [5.74, 6) is -0.311. The molecule has 0 aromatic rings. The molecule has 0 bridgehead atoms. The topological polar surface area (TPSA) is 75.7 Å². The first-order valence-corrected chi connectivity index (χ1v) is 8.26. The van der Waals surface area contributed by atoms with Crippen molar-refractivity contribution in [3.63, 3.8) is 0 Å².